The Morgan fingerprint density at radius 3 is 2.45 bits per heavy atom. The van der Waals surface area contributed by atoms with Crippen LogP contribution < -0.4 is 5.32 Å². The summed E-state index contributed by atoms with van der Waals surface area (Å²) in [5.41, 5.74) is -0.520. The van der Waals surface area contributed by atoms with Gasteiger partial charge < -0.3 is 15.0 Å². The summed E-state index contributed by atoms with van der Waals surface area (Å²) in [5.74, 6) is 0.248. The molecule has 7 heteroatoms. The number of carbonyl (C=O) groups excluding carboxylic acids is 1. The van der Waals surface area contributed by atoms with Crippen LogP contribution in [0.25, 0.3) is 0 Å². The molecule has 0 aromatic rings. The first-order chi connectivity index (χ1) is 9.94. The third kappa shape index (κ3) is 3.40. The van der Waals surface area contributed by atoms with Crippen molar-refractivity contribution in [1.29, 1.82) is 0 Å². The SMILES string of the molecule is CC(C)(C)OC(=O)N1CCNC(C2CCS(=O)(=O)C2(C)C)C1. The predicted octanol–water partition coefficient (Wildman–Crippen LogP) is 1.41. The van der Waals surface area contributed by atoms with Gasteiger partial charge in [-0.3, -0.25) is 0 Å². The van der Waals surface area contributed by atoms with Gasteiger partial charge in [-0.2, -0.15) is 0 Å². The van der Waals surface area contributed by atoms with E-state index in [9.17, 15) is 13.2 Å². The first-order valence-electron chi connectivity index (χ1n) is 7.88. The van der Waals surface area contributed by atoms with Gasteiger partial charge >= 0.3 is 6.09 Å². The highest BCUT2D eigenvalue weighted by Crippen LogP contribution is 2.39. The van der Waals surface area contributed by atoms with Gasteiger partial charge in [0.15, 0.2) is 9.84 Å². The minimum atomic E-state index is -3.06. The average molecular weight is 332 g/mol. The molecule has 2 saturated heterocycles. The maximum Gasteiger partial charge on any atom is 0.410 e. The van der Waals surface area contributed by atoms with Gasteiger partial charge in [-0.15, -0.1) is 0 Å². The van der Waals surface area contributed by atoms with E-state index in [1.807, 2.05) is 20.8 Å². The zero-order valence-electron chi connectivity index (χ0n) is 14.2. The lowest BCUT2D eigenvalue weighted by Crippen LogP contribution is -2.58. The van der Waals surface area contributed by atoms with Gasteiger partial charge in [-0.1, -0.05) is 0 Å². The summed E-state index contributed by atoms with van der Waals surface area (Å²) in [6, 6.07) is -0.00598. The molecule has 2 rings (SSSR count). The van der Waals surface area contributed by atoms with Crippen LogP contribution in [0.4, 0.5) is 4.79 Å². The van der Waals surface area contributed by atoms with Crippen molar-refractivity contribution in [3.63, 3.8) is 0 Å². The second-order valence-corrected chi connectivity index (χ2v) is 10.5. The number of carbonyl (C=O) groups is 1. The molecule has 2 heterocycles. The van der Waals surface area contributed by atoms with E-state index < -0.39 is 20.2 Å². The van der Waals surface area contributed by atoms with E-state index in [4.69, 9.17) is 4.74 Å². The average Bonchev–Trinajstić information content (AvgIpc) is 2.57. The minimum absolute atomic E-state index is 0.00598. The van der Waals surface area contributed by atoms with Crippen LogP contribution in [-0.2, 0) is 14.6 Å². The Morgan fingerprint density at radius 2 is 1.95 bits per heavy atom. The Labute approximate surface area is 133 Å². The zero-order chi connectivity index (χ0) is 16.8. The highest BCUT2D eigenvalue weighted by molar-refractivity contribution is 7.93. The van der Waals surface area contributed by atoms with Gasteiger partial charge in [-0.25, -0.2) is 13.2 Å². The molecule has 0 bridgehead atoms. The summed E-state index contributed by atoms with van der Waals surface area (Å²) in [4.78, 5) is 13.9. The summed E-state index contributed by atoms with van der Waals surface area (Å²) in [5, 5.41) is 3.39. The lowest BCUT2D eigenvalue weighted by Gasteiger charge is -2.40. The summed E-state index contributed by atoms with van der Waals surface area (Å²) >= 11 is 0. The smallest absolute Gasteiger partial charge is 0.410 e. The van der Waals surface area contributed by atoms with Crippen molar-refractivity contribution in [2.45, 2.75) is 57.4 Å². The van der Waals surface area contributed by atoms with E-state index in [2.05, 4.69) is 5.32 Å². The number of piperazine rings is 1. The monoisotopic (exact) mass is 332 g/mol. The number of sulfone groups is 1. The lowest BCUT2D eigenvalue weighted by atomic mass is 9.85. The van der Waals surface area contributed by atoms with Crippen LogP contribution in [0, 0.1) is 5.92 Å². The minimum Gasteiger partial charge on any atom is -0.444 e. The van der Waals surface area contributed by atoms with Gasteiger partial charge in [0.25, 0.3) is 0 Å². The molecule has 2 aliphatic rings. The number of nitrogens with one attached hydrogen (secondary N) is 1. The Balaban J connectivity index is 2.07. The number of amides is 1. The molecule has 6 nitrogen and oxygen atoms in total. The molecule has 0 saturated carbocycles. The van der Waals surface area contributed by atoms with Gasteiger partial charge in [0.1, 0.15) is 5.60 Å². The van der Waals surface area contributed by atoms with Crippen molar-refractivity contribution < 1.29 is 17.9 Å². The van der Waals surface area contributed by atoms with Crippen LogP contribution in [0.2, 0.25) is 0 Å². The molecule has 0 aliphatic carbocycles. The molecule has 1 amide bonds. The second kappa shape index (κ2) is 5.67. The van der Waals surface area contributed by atoms with Crippen molar-refractivity contribution in [2.75, 3.05) is 25.4 Å². The van der Waals surface area contributed by atoms with Crippen LogP contribution in [0.1, 0.15) is 41.0 Å². The topological polar surface area (TPSA) is 75.7 Å². The quantitative estimate of drug-likeness (QED) is 0.786. The number of hydrogen-bond acceptors (Lipinski definition) is 5. The standard InChI is InChI=1S/C15H28N2O4S/c1-14(2,3)21-13(18)17-8-7-16-12(10-17)11-6-9-22(19,20)15(11,4)5/h11-12,16H,6-10H2,1-5H3. The molecule has 2 aliphatic heterocycles. The van der Waals surface area contributed by atoms with Gasteiger partial charge in [0.05, 0.1) is 10.5 Å². The molecule has 0 aromatic heterocycles. The molecule has 1 N–H and O–H groups in total. The molecule has 0 radical (unpaired) electrons. The molecule has 2 atom stereocenters. The van der Waals surface area contributed by atoms with Crippen molar-refractivity contribution >= 4 is 15.9 Å². The fraction of sp³-hybridized carbons (Fsp3) is 0.933. The van der Waals surface area contributed by atoms with E-state index in [1.165, 1.54) is 0 Å². The molecule has 0 aromatic carbocycles. The Bertz CT molecular complexity index is 536. The Hall–Kier alpha value is -0.820. The van der Waals surface area contributed by atoms with E-state index in [-0.39, 0.29) is 23.8 Å². The van der Waals surface area contributed by atoms with Crippen molar-refractivity contribution in [1.82, 2.24) is 10.2 Å². The number of nitrogens with zero attached hydrogens (tertiary/aromatic N) is 1. The normalized spacial score (nSPS) is 31.0. The van der Waals surface area contributed by atoms with E-state index in [1.54, 1.807) is 18.7 Å². The summed E-state index contributed by atoms with van der Waals surface area (Å²) in [6.07, 6.45) is 0.326. The lowest BCUT2D eigenvalue weighted by molar-refractivity contribution is 0.0165. The highest BCUT2D eigenvalue weighted by Gasteiger charge is 2.51. The second-order valence-electron chi connectivity index (χ2n) is 7.80. The van der Waals surface area contributed by atoms with Gasteiger partial charge in [0.2, 0.25) is 0 Å². The van der Waals surface area contributed by atoms with E-state index in [0.29, 0.717) is 26.1 Å². The van der Waals surface area contributed by atoms with Crippen LogP contribution in [0.5, 0.6) is 0 Å². The zero-order valence-corrected chi connectivity index (χ0v) is 15.0. The van der Waals surface area contributed by atoms with Gasteiger partial charge in [0, 0.05) is 25.7 Å². The number of ether oxygens (including phenoxy) is 1. The van der Waals surface area contributed by atoms with Crippen LogP contribution >= 0.6 is 0 Å². The molecule has 0 spiro atoms. The molecule has 2 unspecified atom stereocenters. The third-order valence-electron chi connectivity index (χ3n) is 4.73. The van der Waals surface area contributed by atoms with Crippen molar-refractivity contribution in [2.24, 2.45) is 5.92 Å². The molecule has 128 valence electrons. The van der Waals surface area contributed by atoms with Crippen LogP contribution in [0.3, 0.4) is 0 Å². The largest absolute Gasteiger partial charge is 0.444 e. The molecular formula is C15H28N2O4S. The summed E-state index contributed by atoms with van der Waals surface area (Å²) in [6.45, 7) is 10.9. The Morgan fingerprint density at radius 1 is 1.32 bits per heavy atom. The van der Waals surface area contributed by atoms with E-state index in [0.717, 1.165) is 0 Å². The van der Waals surface area contributed by atoms with E-state index >= 15 is 0 Å². The van der Waals surface area contributed by atoms with Crippen LogP contribution in [-0.4, -0.2) is 61.2 Å². The number of rotatable bonds is 1. The maximum atomic E-state index is 12.2. The fourth-order valence-corrected chi connectivity index (χ4v) is 5.18. The van der Waals surface area contributed by atoms with Crippen molar-refractivity contribution in [3.8, 4) is 0 Å². The molecule has 2 fully saturated rings. The number of hydrogen-bond donors (Lipinski definition) is 1. The molecular weight excluding hydrogens is 304 g/mol. The third-order valence-corrected chi connectivity index (χ3v) is 7.41. The maximum absolute atomic E-state index is 12.2. The summed E-state index contributed by atoms with van der Waals surface area (Å²) in [7, 11) is -3.06. The predicted molar refractivity (Wildman–Crippen MR) is 85.6 cm³/mol. The highest BCUT2D eigenvalue weighted by atomic mass is 32.2. The van der Waals surface area contributed by atoms with Gasteiger partial charge in [-0.05, 0) is 47.0 Å². The molecule has 22 heavy (non-hydrogen) atoms. The fourth-order valence-electron chi connectivity index (χ4n) is 3.35. The first-order valence-corrected chi connectivity index (χ1v) is 9.53. The van der Waals surface area contributed by atoms with Crippen molar-refractivity contribution in [3.05, 3.63) is 0 Å². The van der Waals surface area contributed by atoms with Crippen LogP contribution in [0.15, 0.2) is 0 Å². The summed E-state index contributed by atoms with van der Waals surface area (Å²) < 4.78 is 29.1. The first kappa shape index (κ1) is 17.5. The Kier molecular flexibility index (Phi) is 4.52.